The van der Waals surface area contributed by atoms with E-state index in [9.17, 15) is 17.6 Å². The van der Waals surface area contributed by atoms with Crippen LogP contribution in [0.25, 0.3) is 17.3 Å². The Bertz CT molecular complexity index is 1220. The number of hydrogen-bond donors (Lipinski definition) is 1. The Morgan fingerprint density at radius 2 is 1.94 bits per heavy atom. The molecule has 2 aromatic heterocycles. The average molecular weight is 491 g/mol. The van der Waals surface area contributed by atoms with Gasteiger partial charge in [0.15, 0.2) is 0 Å². The summed E-state index contributed by atoms with van der Waals surface area (Å²) in [7, 11) is 3.42. The summed E-state index contributed by atoms with van der Waals surface area (Å²) in [6, 6.07) is 2.96. The Morgan fingerprint density at radius 1 is 1.20 bits per heavy atom. The minimum atomic E-state index is -4.77. The number of anilines is 2. The van der Waals surface area contributed by atoms with Crippen LogP contribution in [0, 0.1) is 5.82 Å². The molecule has 1 aromatic carbocycles. The number of hydrogen-bond acceptors (Lipinski definition) is 6. The number of nitrogens with zero attached hydrogens (tertiary/aromatic N) is 5. The molecular weight excluding hydrogens is 464 g/mol. The standard InChI is InChI=1S/C24H26F4N6O/c1-33-13-20(16-5-6-19(25)18(12-16)24(26,27)28)32-22(33)15-7-9-34(10-8-15)23-17(4-3-11-35-2)21(29)30-14-31-23/h3-6,12-15H,7-11H2,1-2H3,(H2,29,30,31). The van der Waals surface area contributed by atoms with E-state index in [1.807, 2.05) is 23.8 Å². The number of rotatable bonds is 6. The van der Waals surface area contributed by atoms with Crippen molar-refractivity contribution in [2.24, 2.45) is 7.05 Å². The van der Waals surface area contributed by atoms with Crippen LogP contribution >= 0.6 is 0 Å². The molecule has 0 amide bonds. The molecule has 0 bridgehead atoms. The van der Waals surface area contributed by atoms with Crippen LogP contribution in [-0.4, -0.2) is 46.3 Å². The van der Waals surface area contributed by atoms with Crippen LogP contribution < -0.4 is 10.6 Å². The van der Waals surface area contributed by atoms with Crippen LogP contribution in [0.3, 0.4) is 0 Å². The van der Waals surface area contributed by atoms with Crippen LogP contribution in [0.5, 0.6) is 0 Å². The molecule has 3 aromatic rings. The lowest BCUT2D eigenvalue weighted by atomic mass is 9.95. The number of aryl methyl sites for hydroxylation is 1. The normalized spacial score (nSPS) is 15.3. The maximum absolute atomic E-state index is 13.7. The van der Waals surface area contributed by atoms with E-state index < -0.39 is 17.6 Å². The molecule has 2 N–H and O–H groups in total. The molecule has 4 rings (SSSR count). The summed E-state index contributed by atoms with van der Waals surface area (Å²) in [4.78, 5) is 15.3. The third-order valence-corrected chi connectivity index (χ3v) is 6.08. The Hall–Kier alpha value is -3.47. The van der Waals surface area contributed by atoms with Crippen molar-refractivity contribution in [3.63, 3.8) is 0 Å². The highest BCUT2D eigenvalue weighted by Crippen LogP contribution is 2.36. The van der Waals surface area contributed by atoms with Gasteiger partial charge in [-0.05, 0) is 37.1 Å². The third kappa shape index (κ3) is 5.29. The molecule has 186 valence electrons. The van der Waals surface area contributed by atoms with Gasteiger partial charge in [0.25, 0.3) is 0 Å². The summed E-state index contributed by atoms with van der Waals surface area (Å²) in [6.45, 7) is 1.84. The van der Waals surface area contributed by atoms with Gasteiger partial charge in [-0.15, -0.1) is 0 Å². The molecule has 0 aliphatic carbocycles. The molecule has 1 fully saturated rings. The summed E-state index contributed by atoms with van der Waals surface area (Å²) >= 11 is 0. The number of methoxy groups -OCH3 is 1. The maximum atomic E-state index is 13.7. The fraction of sp³-hybridized carbons (Fsp3) is 0.375. The maximum Gasteiger partial charge on any atom is 0.419 e. The van der Waals surface area contributed by atoms with E-state index in [0.29, 0.717) is 31.2 Å². The molecule has 0 atom stereocenters. The van der Waals surface area contributed by atoms with E-state index in [2.05, 4.69) is 19.9 Å². The lowest BCUT2D eigenvalue weighted by Gasteiger charge is -2.33. The highest BCUT2D eigenvalue weighted by Gasteiger charge is 2.34. The monoisotopic (exact) mass is 490 g/mol. The number of alkyl halides is 3. The number of halogens is 4. The summed E-state index contributed by atoms with van der Waals surface area (Å²) < 4.78 is 60.0. The number of aromatic nitrogens is 4. The van der Waals surface area contributed by atoms with Crippen molar-refractivity contribution in [3.8, 4) is 11.3 Å². The number of nitrogens with two attached hydrogens (primary N) is 1. The van der Waals surface area contributed by atoms with E-state index in [4.69, 9.17) is 10.5 Å². The van der Waals surface area contributed by atoms with Gasteiger partial charge in [-0.2, -0.15) is 13.2 Å². The van der Waals surface area contributed by atoms with Crippen LogP contribution in [0.4, 0.5) is 29.2 Å². The van der Waals surface area contributed by atoms with Crippen LogP contribution in [-0.2, 0) is 18.0 Å². The zero-order valence-electron chi connectivity index (χ0n) is 19.4. The minimum absolute atomic E-state index is 0.110. The molecular formula is C24H26F4N6O. The van der Waals surface area contributed by atoms with Gasteiger partial charge in [0, 0.05) is 44.9 Å². The first-order valence-corrected chi connectivity index (χ1v) is 11.1. The molecule has 11 heteroatoms. The molecule has 35 heavy (non-hydrogen) atoms. The van der Waals surface area contributed by atoms with Crippen molar-refractivity contribution in [1.82, 2.24) is 19.5 Å². The number of benzene rings is 1. The Morgan fingerprint density at radius 3 is 2.63 bits per heavy atom. The van der Waals surface area contributed by atoms with E-state index >= 15 is 0 Å². The smallest absolute Gasteiger partial charge is 0.383 e. The second kappa shape index (κ2) is 10.0. The molecule has 7 nitrogen and oxygen atoms in total. The summed E-state index contributed by atoms with van der Waals surface area (Å²) in [6.07, 6.45) is 3.58. The summed E-state index contributed by atoms with van der Waals surface area (Å²) in [5.41, 5.74) is 6.12. The molecule has 1 saturated heterocycles. The van der Waals surface area contributed by atoms with Gasteiger partial charge in [0.05, 0.1) is 23.4 Å². The second-order valence-electron chi connectivity index (χ2n) is 8.40. The van der Waals surface area contributed by atoms with E-state index in [1.165, 1.54) is 12.4 Å². The van der Waals surface area contributed by atoms with Crippen LogP contribution in [0.1, 0.15) is 35.7 Å². The molecule has 0 saturated carbocycles. The molecule has 0 spiro atoms. The predicted molar refractivity (Wildman–Crippen MR) is 125 cm³/mol. The van der Waals surface area contributed by atoms with Gasteiger partial charge in [-0.1, -0.05) is 6.08 Å². The number of piperidine rings is 1. The zero-order valence-corrected chi connectivity index (χ0v) is 19.4. The van der Waals surface area contributed by atoms with Crippen molar-refractivity contribution in [3.05, 3.63) is 59.6 Å². The van der Waals surface area contributed by atoms with Gasteiger partial charge in [0.2, 0.25) is 0 Å². The van der Waals surface area contributed by atoms with Crippen molar-refractivity contribution in [2.45, 2.75) is 24.9 Å². The third-order valence-electron chi connectivity index (χ3n) is 6.08. The van der Waals surface area contributed by atoms with E-state index in [-0.39, 0.29) is 11.5 Å². The fourth-order valence-electron chi connectivity index (χ4n) is 4.32. The SMILES string of the molecule is COCC=Cc1c(N)ncnc1N1CCC(c2nc(-c3ccc(F)c(C(F)(F)F)c3)cn2C)CC1. The number of ether oxygens (including phenoxy) is 1. The van der Waals surface area contributed by atoms with Crippen molar-refractivity contribution in [1.29, 1.82) is 0 Å². The van der Waals surface area contributed by atoms with E-state index in [1.54, 1.807) is 13.3 Å². The van der Waals surface area contributed by atoms with Gasteiger partial charge in [0.1, 0.15) is 29.6 Å². The Kier molecular flexibility index (Phi) is 7.06. The summed E-state index contributed by atoms with van der Waals surface area (Å²) in [5.74, 6) is 0.719. The molecule has 1 aliphatic rings. The lowest BCUT2D eigenvalue weighted by Crippen LogP contribution is -2.34. The first-order valence-electron chi connectivity index (χ1n) is 11.1. The Balaban J connectivity index is 1.52. The van der Waals surface area contributed by atoms with Crippen molar-refractivity contribution in [2.75, 3.05) is 37.4 Å². The first-order chi connectivity index (χ1) is 16.7. The minimum Gasteiger partial charge on any atom is -0.383 e. The molecule has 0 radical (unpaired) electrons. The summed E-state index contributed by atoms with van der Waals surface area (Å²) in [5, 5.41) is 0. The van der Waals surface area contributed by atoms with Gasteiger partial charge in [-0.3, -0.25) is 0 Å². The lowest BCUT2D eigenvalue weighted by molar-refractivity contribution is -0.139. The highest BCUT2D eigenvalue weighted by molar-refractivity contribution is 5.72. The first kappa shape index (κ1) is 24.6. The average Bonchev–Trinajstić information content (AvgIpc) is 3.21. The predicted octanol–water partition coefficient (Wildman–Crippen LogP) is 4.66. The van der Waals surface area contributed by atoms with Crippen molar-refractivity contribution >= 4 is 17.7 Å². The largest absolute Gasteiger partial charge is 0.419 e. The number of imidazole rings is 1. The Labute approximate surface area is 200 Å². The van der Waals surface area contributed by atoms with Gasteiger partial charge in [-0.25, -0.2) is 19.3 Å². The number of nitrogen functional groups attached to an aromatic ring is 1. The quantitative estimate of drug-likeness (QED) is 0.506. The topological polar surface area (TPSA) is 82.1 Å². The highest BCUT2D eigenvalue weighted by atomic mass is 19.4. The molecule has 3 heterocycles. The zero-order chi connectivity index (χ0) is 25.2. The van der Waals surface area contributed by atoms with Crippen molar-refractivity contribution < 1.29 is 22.3 Å². The van der Waals surface area contributed by atoms with Crippen LogP contribution in [0.2, 0.25) is 0 Å². The molecule has 0 unspecified atom stereocenters. The van der Waals surface area contributed by atoms with Gasteiger partial charge >= 0.3 is 6.18 Å². The van der Waals surface area contributed by atoms with Crippen LogP contribution in [0.15, 0.2) is 36.8 Å². The van der Waals surface area contributed by atoms with E-state index in [0.717, 1.165) is 42.2 Å². The molecule has 1 aliphatic heterocycles. The second-order valence-corrected chi connectivity index (χ2v) is 8.40. The fourth-order valence-corrected chi connectivity index (χ4v) is 4.32. The van der Waals surface area contributed by atoms with Gasteiger partial charge < -0.3 is 19.9 Å².